The fourth-order valence-corrected chi connectivity index (χ4v) is 5.33. The van der Waals surface area contributed by atoms with E-state index in [9.17, 15) is 4.79 Å². The van der Waals surface area contributed by atoms with Crippen molar-refractivity contribution in [2.75, 3.05) is 20.2 Å². The van der Waals surface area contributed by atoms with Crippen LogP contribution in [0, 0.1) is 12.8 Å². The van der Waals surface area contributed by atoms with Crippen molar-refractivity contribution in [2.45, 2.75) is 38.3 Å². The number of aryl methyl sites for hydroxylation is 1. The second-order valence-corrected chi connectivity index (χ2v) is 8.81. The van der Waals surface area contributed by atoms with Gasteiger partial charge in [-0.05, 0) is 49.4 Å². The molecule has 0 N–H and O–H groups in total. The lowest BCUT2D eigenvalue weighted by Gasteiger charge is -2.47. The molecule has 0 radical (unpaired) electrons. The van der Waals surface area contributed by atoms with Crippen LogP contribution in [0.25, 0.3) is 0 Å². The summed E-state index contributed by atoms with van der Waals surface area (Å²) < 4.78 is 7.50. The maximum absolute atomic E-state index is 12.9. The molecule has 6 nitrogen and oxygen atoms in total. The van der Waals surface area contributed by atoms with E-state index in [2.05, 4.69) is 37.6 Å². The number of benzene rings is 1. The minimum Gasteiger partial charge on any atom is -0.497 e. The number of hydrogen-bond donors (Lipinski definition) is 0. The van der Waals surface area contributed by atoms with Gasteiger partial charge in [0, 0.05) is 61.3 Å². The van der Waals surface area contributed by atoms with Crippen LogP contribution in [0.4, 0.5) is 0 Å². The van der Waals surface area contributed by atoms with Crippen LogP contribution in [0.1, 0.15) is 41.0 Å². The van der Waals surface area contributed by atoms with E-state index in [1.165, 1.54) is 11.3 Å². The molecular weight excluding hydrogens is 388 g/mol. The Kier molecular flexibility index (Phi) is 5.32. The van der Waals surface area contributed by atoms with E-state index in [1.54, 1.807) is 13.2 Å². The van der Waals surface area contributed by atoms with Gasteiger partial charge in [-0.3, -0.25) is 9.69 Å². The smallest absolute Gasteiger partial charge is 0.251 e. The number of fused-ring (bicyclic) bond motifs is 4. The SMILES string of the molecule is COc1cccc(C[C@H]2[C@H]3C[C@H](CN(Cc4cnc(C)nc4)C3)c3cccc(=O)n32)c1. The summed E-state index contributed by atoms with van der Waals surface area (Å²) in [5.41, 5.74) is 3.62. The summed E-state index contributed by atoms with van der Waals surface area (Å²) >= 11 is 0. The molecule has 3 aromatic rings. The highest BCUT2D eigenvalue weighted by atomic mass is 16.5. The molecule has 4 heterocycles. The van der Waals surface area contributed by atoms with Crippen LogP contribution in [0.2, 0.25) is 0 Å². The highest BCUT2D eigenvalue weighted by Crippen LogP contribution is 2.42. The topological polar surface area (TPSA) is 60.2 Å². The summed E-state index contributed by atoms with van der Waals surface area (Å²) in [7, 11) is 1.69. The molecule has 2 aliphatic rings. The van der Waals surface area contributed by atoms with E-state index in [-0.39, 0.29) is 11.6 Å². The molecule has 5 rings (SSSR count). The Hall–Kier alpha value is -2.99. The molecule has 1 saturated heterocycles. The number of likely N-dealkylation sites (tertiary alicyclic amines) is 1. The Morgan fingerprint density at radius 2 is 1.87 bits per heavy atom. The predicted molar refractivity (Wildman–Crippen MR) is 119 cm³/mol. The molecule has 2 bridgehead atoms. The number of methoxy groups -OCH3 is 1. The Balaban J connectivity index is 1.46. The largest absolute Gasteiger partial charge is 0.497 e. The summed E-state index contributed by atoms with van der Waals surface area (Å²) in [4.78, 5) is 24.2. The average Bonchev–Trinajstić information content (AvgIpc) is 2.78. The van der Waals surface area contributed by atoms with Crippen molar-refractivity contribution in [1.82, 2.24) is 19.4 Å². The first kappa shape index (κ1) is 19.9. The van der Waals surface area contributed by atoms with E-state index in [1.807, 2.05) is 37.5 Å². The zero-order valence-electron chi connectivity index (χ0n) is 18.1. The molecule has 1 aromatic carbocycles. The van der Waals surface area contributed by atoms with Crippen LogP contribution in [0.5, 0.6) is 5.75 Å². The number of rotatable bonds is 5. The Labute approximate surface area is 182 Å². The van der Waals surface area contributed by atoms with E-state index in [4.69, 9.17) is 4.74 Å². The van der Waals surface area contributed by atoms with E-state index in [0.717, 1.165) is 49.6 Å². The molecule has 6 heteroatoms. The molecule has 1 fully saturated rings. The second kappa shape index (κ2) is 8.27. The Morgan fingerprint density at radius 1 is 1.06 bits per heavy atom. The van der Waals surface area contributed by atoms with Crippen molar-refractivity contribution in [2.24, 2.45) is 5.92 Å². The molecule has 2 aliphatic heterocycles. The maximum Gasteiger partial charge on any atom is 0.251 e. The first-order valence-electron chi connectivity index (χ1n) is 10.9. The predicted octanol–water partition coefficient (Wildman–Crippen LogP) is 3.36. The van der Waals surface area contributed by atoms with Gasteiger partial charge in [0.05, 0.1) is 7.11 Å². The van der Waals surface area contributed by atoms with Gasteiger partial charge in [-0.15, -0.1) is 0 Å². The summed E-state index contributed by atoms with van der Waals surface area (Å²) in [5, 5.41) is 0. The lowest BCUT2D eigenvalue weighted by atomic mass is 9.76. The summed E-state index contributed by atoms with van der Waals surface area (Å²) in [6.45, 7) is 4.68. The third-order valence-electron chi connectivity index (χ3n) is 6.69. The van der Waals surface area contributed by atoms with Crippen molar-refractivity contribution < 1.29 is 4.74 Å². The van der Waals surface area contributed by atoms with Crippen LogP contribution in [0.15, 0.2) is 59.7 Å². The van der Waals surface area contributed by atoms with Gasteiger partial charge >= 0.3 is 0 Å². The average molecular weight is 417 g/mol. The molecular formula is C25H28N4O2. The summed E-state index contributed by atoms with van der Waals surface area (Å²) in [6, 6.07) is 14.1. The minimum absolute atomic E-state index is 0.112. The lowest BCUT2D eigenvalue weighted by Crippen LogP contribution is -2.49. The number of pyridine rings is 1. The van der Waals surface area contributed by atoms with E-state index in [0.29, 0.717) is 11.8 Å². The highest BCUT2D eigenvalue weighted by molar-refractivity contribution is 5.30. The quantitative estimate of drug-likeness (QED) is 0.638. The van der Waals surface area contributed by atoms with Gasteiger partial charge in [0.15, 0.2) is 0 Å². The van der Waals surface area contributed by atoms with E-state index < -0.39 is 0 Å². The second-order valence-electron chi connectivity index (χ2n) is 8.81. The number of aromatic nitrogens is 3. The lowest BCUT2D eigenvalue weighted by molar-refractivity contribution is 0.0851. The van der Waals surface area contributed by atoms with Crippen molar-refractivity contribution in [3.05, 3.63) is 87.9 Å². The van der Waals surface area contributed by atoms with Crippen molar-refractivity contribution >= 4 is 0 Å². The zero-order valence-corrected chi connectivity index (χ0v) is 18.1. The van der Waals surface area contributed by atoms with Gasteiger partial charge < -0.3 is 9.30 Å². The third kappa shape index (κ3) is 4.00. The van der Waals surface area contributed by atoms with Crippen LogP contribution < -0.4 is 10.3 Å². The molecule has 31 heavy (non-hydrogen) atoms. The van der Waals surface area contributed by atoms with Crippen molar-refractivity contribution in [3.63, 3.8) is 0 Å². The van der Waals surface area contributed by atoms with Crippen molar-refractivity contribution in [3.8, 4) is 5.75 Å². The van der Waals surface area contributed by atoms with Crippen LogP contribution in [-0.2, 0) is 13.0 Å². The molecule has 0 unspecified atom stereocenters. The molecule has 160 valence electrons. The van der Waals surface area contributed by atoms with Crippen LogP contribution >= 0.6 is 0 Å². The van der Waals surface area contributed by atoms with Crippen LogP contribution in [-0.4, -0.2) is 39.6 Å². The molecule has 2 aromatic heterocycles. The monoisotopic (exact) mass is 416 g/mol. The summed E-state index contributed by atoms with van der Waals surface area (Å²) in [6.07, 6.45) is 5.81. The fourth-order valence-electron chi connectivity index (χ4n) is 5.33. The van der Waals surface area contributed by atoms with Gasteiger partial charge in [0.1, 0.15) is 11.6 Å². The minimum atomic E-state index is 0.112. The zero-order chi connectivity index (χ0) is 21.4. The normalized spacial score (nSPS) is 22.7. The van der Waals surface area contributed by atoms with E-state index >= 15 is 0 Å². The van der Waals surface area contributed by atoms with Gasteiger partial charge in [-0.25, -0.2) is 9.97 Å². The van der Waals surface area contributed by atoms with Crippen LogP contribution in [0.3, 0.4) is 0 Å². The summed E-state index contributed by atoms with van der Waals surface area (Å²) in [5.74, 6) is 2.45. The molecule has 0 aliphatic carbocycles. The van der Waals surface area contributed by atoms with Crippen molar-refractivity contribution in [1.29, 1.82) is 0 Å². The third-order valence-corrected chi connectivity index (χ3v) is 6.69. The van der Waals surface area contributed by atoms with Gasteiger partial charge in [0.25, 0.3) is 5.56 Å². The highest BCUT2D eigenvalue weighted by Gasteiger charge is 2.40. The molecule has 0 amide bonds. The number of nitrogens with zero attached hydrogens (tertiary/aromatic N) is 4. The number of ether oxygens (including phenoxy) is 1. The maximum atomic E-state index is 12.9. The van der Waals surface area contributed by atoms with Gasteiger partial charge in [-0.2, -0.15) is 0 Å². The first-order chi connectivity index (χ1) is 15.1. The molecule has 0 saturated carbocycles. The number of hydrogen-bond acceptors (Lipinski definition) is 5. The molecule has 0 spiro atoms. The fraction of sp³-hybridized carbons (Fsp3) is 0.400. The van der Waals surface area contributed by atoms with Gasteiger partial charge in [0.2, 0.25) is 0 Å². The Morgan fingerprint density at radius 3 is 2.68 bits per heavy atom. The van der Waals surface area contributed by atoms with Gasteiger partial charge in [-0.1, -0.05) is 18.2 Å². The Bertz CT molecular complexity index is 1120. The standard InChI is InChI=1S/C25H28N4O2/c1-17-26-12-19(13-27-17)14-28-15-20-11-21(16-28)24(29-23(20)7-4-8-25(29)30)10-18-5-3-6-22(9-18)31-2/h3-9,12-13,20-21,24H,10-11,14-16H2,1-2H3/t20-,21+,24+/m1/s1. The first-order valence-corrected chi connectivity index (χ1v) is 10.9. The molecule has 3 atom stereocenters. The number of piperidine rings is 1.